The van der Waals surface area contributed by atoms with E-state index in [0.29, 0.717) is 28.4 Å². The summed E-state index contributed by atoms with van der Waals surface area (Å²) >= 11 is 0. The molecule has 0 spiro atoms. The number of nitrogens with zero attached hydrogens (tertiary/aromatic N) is 1. The second kappa shape index (κ2) is 8.43. The molecule has 6 heteroatoms. The number of carbonyl (C=O) groups is 1. The van der Waals surface area contributed by atoms with Gasteiger partial charge >= 0.3 is 0 Å². The fourth-order valence-corrected chi connectivity index (χ4v) is 3.05. The summed E-state index contributed by atoms with van der Waals surface area (Å²) in [5.74, 6) is 1.37. The van der Waals surface area contributed by atoms with Crippen LogP contribution in [-0.2, 0) is 0 Å². The first-order valence-corrected chi connectivity index (χ1v) is 8.70. The fraction of sp³-hybridized carbons (Fsp3) is 0.182. The van der Waals surface area contributed by atoms with Crippen molar-refractivity contribution in [3.05, 3.63) is 65.2 Å². The third-order valence-corrected chi connectivity index (χ3v) is 4.47. The molecule has 0 saturated carbocycles. The molecule has 1 N–H and O–H groups in total. The highest BCUT2D eigenvalue weighted by molar-refractivity contribution is 6.08. The van der Waals surface area contributed by atoms with Crippen molar-refractivity contribution >= 4 is 22.9 Å². The molecule has 0 aliphatic heterocycles. The summed E-state index contributed by atoms with van der Waals surface area (Å²) in [7, 11) is 4.66. The van der Waals surface area contributed by atoms with Gasteiger partial charge in [0.15, 0.2) is 11.5 Å². The third kappa shape index (κ3) is 3.76. The van der Waals surface area contributed by atoms with Crippen LogP contribution in [0.5, 0.6) is 17.2 Å². The van der Waals surface area contributed by atoms with E-state index >= 15 is 0 Å². The van der Waals surface area contributed by atoms with E-state index in [9.17, 15) is 4.79 Å². The van der Waals surface area contributed by atoms with Crippen LogP contribution >= 0.6 is 0 Å². The Balaban J connectivity index is 1.88. The van der Waals surface area contributed by atoms with Crippen molar-refractivity contribution < 1.29 is 19.0 Å². The highest BCUT2D eigenvalue weighted by Crippen LogP contribution is 2.33. The summed E-state index contributed by atoms with van der Waals surface area (Å²) in [6.45, 7) is 1.91. The lowest BCUT2D eigenvalue weighted by atomic mass is 9.99. The molecule has 3 aromatic carbocycles. The van der Waals surface area contributed by atoms with Crippen LogP contribution in [-0.4, -0.2) is 33.5 Å². The van der Waals surface area contributed by atoms with Gasteiger partial charge in [-0.2, -0.15) is 5.10 Å². The van der Waals surface area contributed by atoms with E-state index in [-0.39, 0.29) is 5.91 Å². The Morgan fingerprint density at radius 2 is 1.61 bits per heavy atom. The normalized spacial score (nSPS) is 10.9. The number of hydrogen-bond acceptors (Lipinski definition) is 5. The van der Waals surface area contributed by atoms with E-state index in [4.69, 9.17) is 14.2 Å². The summed E-state index contributed by atoms with van der Waals surface area (Å²) in [6, 6.07) is 15.1. The Hall–Kier alpha value is -3.54. The van der Waals surface area contributed by atoms with Gasteiger partial charge in [-0.3, -0.25) is 4.79 Å². The summed E-state index contributed by atoms with van der Waals surface area (Å²) in [6.07, 6.45) is 1.51. The Bertz CT molecular complexity index is 1040. The molecule has 0 atom stereocenters. The highest BCUT2D eigenvalue weighted by atomic mass is 16.5. The van der Waals surface area contributed by atoms with Crippen LogP contribution in [0.1, 0.15) is 21.5 Å². The number of rotatable bonds is 6. The zero-order chi connectivity index (χ0) is 20.1. The number of hydrazone groups is 1. The summed E-state index contributed by atoms with van der Waals surface area (Å²) < 4.78 is 15.9. The van der Waals surface area contributed by atoms with Gasteiger partial charge in [0.05, 0.1) is 33.1 Å². The first kappa shape index (κ1) is 19.2. The zero-order valence-corrected chi connectivity index (χ0v) is 16.3. The number of amides is 1. The number of nitrogens with one attached hydrogen (secondary N) is 1. The largest absolute Gasteiger partial charge is 0.496 e. The van der Waals surface area contributed by atoms with Crippen molar-refractivity contribution in [3.8, 4) is 17.2 Å². The van der Waals surface area contributed by atoms with Crippen molar-refractivity contribution in [2.24, 2.45) is 5.10 Å². The molecule has 0 saturated heterocycles. The van der Waals surface area contributed by atoms with Crippen molar-refractivity contribution in [2.45, 2.75) is 6.92 Å². The SMILES string of the molecule is COc1cc(OC)c(OC)cc1/C=N\NC(=O)c1c(C)ccc2ccccc12. The van der Waals surface area contributed by atoms with Gasteiger partial charge in [-0.15, -0.1) is 0 Å². The number of methoxy groups -OCH3 is 3. The van der Waals surface area contributed by atoms with Crippen LogP contribution in [0.3, 0.4) is 0 Å². The van der Waals surface area contributed by atoms with E-state index in [2.05, 4.69) is 10.5 Å². The van der Waals surface area contributed by atoms with Gasteiger partial charge in [0.2, 0.25) is 0 Å². The molecule has 0 fully saturated rings. The van der Waals surface area contributed by atoms with Gasteiger partial charge in [-0.1, -0.05) is 36.4 Å². The number of fused-ring (bicyclic) bond motifs is 1. The Kier molecular flexibility index (Phi) is 5.79. The molecule has 0 unspecified atom stereocenters. The number of ether oxygens (including phenoxy) is 3. The predicted molar refractivity (Wildman–Crippen MR) is 110 cm³/mol. The highest BCUT2D eigenvalue weighted by Gasteiger charge is 2.13. The van der Waals surface area contributed by atoms with Crippen LogP contribution in [0.4, 0.5) is 0 Å². The second-order valence-corrected chi connectivity index (χ2v) is 6.13. The topological polar surface area (TPSA) is 69.2 Å². The number of aryl methyl sites for hydroxylation is 1. The van der Waals surface area contributed by atoms with Crippen LogP contribution in [0.2, 0.25) is 0 Å². The average Bonchev–Trinajstić information content (AvgIpc) is 2.72. The van der Waals surface area contributed by atoms with E-state index < -0.39 is 0 Å². The molecule has 0 heterocycles. The quantitative estimate of drug-likeness (QED) is 0.521. The maximum atomic E-state index is 12.7. The van der Waals surface area contributed by atoms with Gasteiger partial charge in [0, 0.05) is 11.6 Å². The van der Waals surface area contributed by atoms with Gasteiger partial charge in [-0.25, -0.2) is 5.43 Å². The van der Waals surface area contributed by atoms with Crippen LogP contribution in [0.25, 0.3) is 10.8 Å². The molecule has 6 nitrogen and oxygen atoms in total. The van der Waals surface area contributed by atoms with Crippen molar-refractivity contribution in [3.63, 3.8) is 0 Å². The lowest BCUT2D eigenvalue weighted by molar-refractivity contribution is 0.0956. The number of benzene rings is 3. The molecule has 28 heavy (non-hydrogen) atoms. The minimum Gasteiger partial charge on any atom is -0.496 e. The molecule has 0 aliphatic rings. The first-order valence-electron chi connectivity index (χ1n) is 8.70. The zero-order valence-electron chi connectivity index (χ0n) is 16.3. The first-order chi connectivity index (χ1) is 13.6. The maximum absolute atomic E-state index is 12.7. The lowest BCUT2D eigenvalue weighted by Gasteiger charge is -2.12. The van der Waals surface area contributed by atoms with Gasteiger partial charge in [0.25, 0.3) is 5.91 Å². The Morgan fingerprint density at radius 3 is 2.32 bits per heavy atom. The summed E-state index contributed by atoms with van der Waals surface area (Å²) in [5.41, 5.74) is 4.74. The standard InChI is InChI=1S/C22H22N2O4/c1-14-9-10-15-7-5-6-8-17(15)21(14)22(25)24-23-13-16-11-19(27-3)20(28-4)12-18(16)26-2/h5-13H,1-4H3,(H,24,25)/b23-13-. The van der Waals surface area contributed by atoms with Crippen molar-refractivity contribution in [2.75, 3.05) is 21.3 Å². The Labute approximate surface area is 163 Å². The minimum absolute atomic E-state index is 0.273. The van der Waals surface area contributed by atoms with Gasteiger partial charge < -0.3 is 14.2 Å². The number of carbonyl (C=O) groups excluding carboxylic acids is 1. The fourth-order valence-electron chi connectivity index (χ4n) is 3.05. The van der Waals surface area contributed by atoms with Gasteiger partial charge in [0.1, 0.15) is 5.75 Å². The summed E-state index contributed by atoms with van der Waals surface area (Å²) in [4.78, 5) is 12.7. The van der Waals surface area contributed by atoms with Crippen LogP contribution in [0.15, 0.2) is 53.6 Å². The molecular weight excluding hydrogens is 356 g/mol. The van der Waals surface area contributed by atoms with E-state index in [0.717, 1.165) is 16.3 Å². The van der Waals surface area contributed by atoms with Gasteiger partial charge in [-0.05, 0) is 29.3 Å². The van der Waals surface area contributed by atoms with Crippen LogP contribution < -0.4 is 19.6 Å². The van der Waals surface area contributed by atoms with Crippen molar-refractivity contribution in [1.82, 2.24) is 5.43 Å². The van der Waals surface area contributed by atoms with E-state index in [1.54, 1.807) is 33.5 Å². The number of hydrogen-bond donors (Lipinski definition) is 1. The monoisotopic (exact) mass is 378 g/mol. The predicted octanol–water partition coefficient (Wildman–Crippen LogP) is 3.94. The smallest absolute Gasteiger partial charge is 0.272 e. The minimum atomic E-state index is -0.273. The third-order valence-electron chi connectivity index (χ3n) is 4.47. The Morgan fingerprint density at radius 1 is 0.929 bits per heavy atom. The second-order valence-electron chi connectivity index (χ2n) is 6.13. The molecule has 3 aromatic rings. The molecule has 144 valence electrons. The summed E-state index contributed by atoms with van der Waals surface area (Å²) in [5, 5.41) is 6.00. The molecule has 0 radical (unpaired) electrons. The van der Waals surface area contributed by atoms with E-state index in [1.165, 1.54) is 6.21 Å². The maximum Gasteiger partial charge on any atom is 0.272 e. The molecular formula is C22H22N2O4. The van der Waals surface area contributed by atoms with Crippen molar-refractivity contribution in [1.29, 1.82) is 0 Å². The van der Waals surface area contributed by atoms with E-state index in [1.807, 2.05) is 43.3 Å². The van der Waals surface area contributed by atoms with Crippen LogP contribution in [0, 0.1) is 6.92 Å². The molecule has 0 aliphatic carbocycles. The molecule has 3 rings (SSSR count). The molecule has 0 bridgehead atoms. The average molecular weight is 378 g/mol. The molecule has 1 amide bonds. The lowest BCUT2D eigenvalue weighted by Crippen LogP contribution is -2.19. The molecule has 0 aromatic heterocycles.